The minimum atomic E-state index is 0.707. The number of nitrogens with zero attached hydrogens (tertiary/aromatic N) is 1. The minimum absolute atomic E-state index is 0.707. The van der Waals surface area contributed by atoms with E-state index in [1.807, 2.05) is 30.3 Å². The van der Waals surface area contributed by atoms with Crippen molar-refractivity contribution in [3.8, 4) is 23.0 Å². The monoisotopic (exact) mass is 417 g/mol. The average molecular weight is 418 g/mol. The average Bonchev–Trinajstić information content (AvgIpc) is 2.82. The second-order valence-corrected chi connectivity index (χ2v) is 7.44. The zero-order chi connectivity index (χ0) is 22.0. The number of benzene rings is 4. The first-order chi connectivity index (χ1) is 15.1. The molecule has 0 aliphatic heterocycles. The molecule has 0 saturated carbocycles. The number of hydrogen-bond acceptors (Lipinski definition) is 5. The SMILES string of the molecule is COc1ccc(CN(C)c2cc3cc(OC)c(OC)cc3c3cc(OC)ccc23)cc1. The number of hydrogen-bond donors (Lipinski definition) is 0. The van der Waals surface area contributed by atoms with Crippen molar-refractivity contribution in [3.05, 3.63) is 66.2 Å². The molecule has 5 nitrogen and oxygen atoms in total. The van der Waals surface area contributed by atoms with Crippen molar-refractivity contribution in [2.75, 3.05) is 40.4 Å². The van der Waals surface area contributed by atoms with Gasteiger partial charge in [-0.05, 0) is 70.3 Å². The molecule has 0 N–H and O–H groups in total. The Hall–Kier alpha value is -3.60. The van der Waals surface area contributed by atoms with Gasteiger partial charge in [-0.3, -0.25) is 0 Å². The van der Waals surface area contributed by atoms with Crippen LogP contribution in [0.15, 0.2) is 60.7 Å². The molecule has 5 heteroatoms. The Morgan fingerprint density at radius 2 is 1.26 bits per heavy atom. The van der Waals surface area contributed by atoms with E-state index in [4.69, 9.17) is 18.9 Å². The molecular weight excluding hydrogens is 390 g/mol. The predicted molar refractivity (Wildman–Crippen MR) is 126 cm³/mol. The zero-order valence-electron chi connectivity index (χ0n) is 18.6. The molecule has 31 heavy (non-hydrogen) atoms. The van der Waals surface area contributed by atoms with E-state index in [1.54, 1.807) is 28.4 Å². The summed E-state index contributed by atoms with van der Waals surface area (Å²) in [5, 5.41) is 4.43. The van der Waals surface area contributed by atoms with E-state index in [0.717, 1.165) is 45.3 Å². The van der Waals surface area contributed by atoms with Crippen molar-refractivity contribution in [3.63, 3.8) is 0 Å². The van der Waals surface area contributed by atoms with Crippen molar-refractivity contribution < 1.29 is 18.9 Å². The van der Waals surface area contributed by atoms with Crippen LogP contribution in [0.2, 0.25) is 0 Å². The second-order valence-electron chi connectivity index (χ2n) is 7.44. The summed E-state index contributed by atoms with van der Waals surface area (Å²) in [5.41, 5.74) is 2.34. The quantitative estimate of drug-likeness (QED) is 0.363. The summed E-state index contributed by atoms with van der Waals surface area (Å²) in [7, 11) is 8.79. The lowest BCUT2D eigenvalue weighted by Crippen LogP contribution is -2.16. The first kappa shape index (κ1) is 20.7. The summed E-state index contributed by atoms with van der Waals surface area (Å²) in [6.07, 6.45) is 0. The van der Waals surface area contributed by atoms with Crippen LogP contribution in [0.3, 0.4) is 0 Å². The third-order valence-electron chi connectivity index (χ3n) is 5.63. The van der Waals surface area contributed by atoms with Crippen molar-refractivity contribution >= 4 is 27.2 Å². The fraction of sp³-hybridized carbons (Fsp3) is 0.231. The van der Waals surface area contributed by atoms with Crippen LogP contribution < -0.4 is 23.8 Å². The Morgan fingerprint density at radius 3 is 1.90 bits per heavy atom. The summed E-state index contributed by atoms with van der Waals surface area (Å²) in [4.78, 5) is 2.26. The van der Waals surface area contributed by atoms with Crippen molar-refractivity contribution in [2.45, 2.75) is 6.54 Å². The molecule has 0 heterocycles. The topological polar surface area (TPSA) is 40.2 Å². The number of methoxy groups -OCH3 is 4. The van der Waals surface area contributed by atoms with E-state index < -0.39 is 0 Å². The maximum atomic E-state index is 5.55. The lowest BCUT2D eigenvalue weighted by molar-refractivity contribution is 0.356. The Labute approximate surface area is 182 Å². The van der Waals surface area contributed by atoms with Gasteiger partial charge in [0.2, 0.25) is 0 Å². The van der Waals surface area contributed by atoms with Crippen LogP contribution in [0.25, 0.3) is 21.5 Å². The number of anilines is 1. The van der Waals surface area contributed by atoms with Crippen LogP contribution in [-0.2, 0) is 6.54 Å². The maximum Gasteiger partial charge on any atom is 0.161 e. The first-order valence-electron chi connectivity index (χ1n) is 10.1. The zero-order valence-corrected chi connectivity index (χ0v) is 18.6. The van der Waals surface area contributed by atoms with E-state index in [-0.39, 0.29) is 0 Å². The molecule has 0 unspecified atom stereocenters. The summed E-state index contributed by atoms with van der Waals surface area (Å²) in [5.74, 6) is 3.09. The van der Waals surface area contributed by atoms with Gasteiger partial charge >= 0.3 is 0 Å². The molecule has 0 spiro atoms. The van der Waals surface area contributed by atoms with E-state index in [9.17, 15) is 0 Å². The van der Waals surface area contributed by atoms with Crippen LogP contribution >= 0.6 is 0 Å². The molecule has 0 atom stereocenters. The molecule has 4 aromatic rings. The molecule has 0 fully saturated rings. The molecule has 0 aromatic heterocycles. The van der Waals surface area contributed by atoms with Gasteiger partial charge in [-0.2, -0.15) is 0 Å². The highest BCUT2D eigenvalue weighted by molar-refractivity contribution is 6.14. The maximum absolute atomic E-state index is 5.55. The molecule has 0 saturated heterocycles. The Balaban J connectivity index is 1.88. The van der Waals surface area contributed by atoms with E-state index in [0.29, 0.717) is 11.5 Å². The predicted octanol–water partition coefficient (Wildman–Crippen LogP) is 5.66. The third kappa shape index (κ3) is 3.91. The number of ether oxygens (including phenoxy) is 4. The van der Waals surface area contributed by atoms with E-state index in [2.05, 4.69) is 42.3 Å². The molecule has 4 rings (SSSR count). The summed E-state index contributed by atoms with van der Waals surface area (Å²) < 4.78 is 21.9. The smallest absolute Gasteiger partial charge is 0.161 e. The molecule has 0 aliphatic rings. The Kier molecular flexibility index (Phi) is 5.76. The van der Waals surface area contributed by atoms with Crippen LogP contribution in [0.5, 0.6) is 23.0 Å². The lowest BCUT2D eigenvalue weighted by Gasteiger charge is -2.23. The van der Waals surface area contributed by atoms with Gasteiger partial charge in [0.25, 0.3) is 0 Å². The third-order valence-corrected chi connectivity index (χ3v) is 5.63. The van der Waals surface area contributed by atoms with Crippen molar-refractivity contribution in [1.82, 2.24) is 0 Å². The number of fused-ring (bicyclic) bond motifs is 3. The summed E-state index contributed by atoms with van der Waals surface area (Å²) in [6, 6.07) is 20.6. The highest BCUT2D eigenvalue weighted by atomic mass is 16.5. The van der Waals surface area contributed by atoms with Crippen LogP contribution in [0.4, 0.5) is 5.69 Å². The molecule has 0 radical (unpaired) electrons. The lowest BCUT2D eigenvalue weighted by atomic mass is 9.98. The van der Waals surface area contributed by atoms with Gasteiger partial charge in [-0.1, -0.05) is 12.1 Å². The normalized spacial score (nSPS) is 10.9. The summed E-state index contributed by atoms with van der Waals surface area (Å²) in [6.45, 7) is 0.768. The van der Waals surface area contributed by atoms with Crippen LogP contribution in [0, 0.1) is 0 Å². The highest BCUT2D eigenvalue weighted by Gasteiger charge is 2.15. The molecule has 4 aromatic carbocycles. The van der Waals surface area contributed by atoms with Gasteiger partial charge in [0.1, 0.15) is 11.5 Å². The standard InChI is InChI=1S/C26H27NO4/c1-27(16-17-6-8-19(28-2)9-7-17)24-12-18-13-25(30-4)26(31-5)15-22(18)23-14-20(29-3)10-11-21(23)24/h6-15H,16H2,1-5H3. The molecule has 0 amide bonds. The van der Waals surface area contributed by atoms with Gasteiger partial charge in [0.15, 0.2) is 11.5 Å². The molecule has 160 valence electrons. The highest BCUT2D eigenvalue weighted by Crippen LogP contribution is 2.41. The van der Waals surface area contributed by atoms with Gasteiger partial charge in [0.05, 0.1) is 28.4 Å². The van der Waals surface area contributed by atoms with E-state index >= 15 is 0 Å². The van der Waals surface area contributed by atoms with E-state index in [1.165, 1.54) is 5.56 Å². The van der Waals surface area contributed by atoms with Gasteiger partial charge in [-0.15, -0.1) is 0 Å². The molecular formula is C26H27NO4. The van der Waals surface area contributed by atoms with Gasteiger partial charge in [-0.25, -0.2) is 0 Å². The fourth-order valence-electron chi connectivity index (χ4n) is 3.97. The van der Waals surface area contributed by atoms with Gasteiger partial charge in [0, 0.05) is 24.7 Å². The number of rotatable bonds is 7. The largest absolute Gasteiger partial charge is 0.497 e. The molecule has 0 bridgehead atoms. The van der Waals surface area contributed by atoms with Crippen LogP contribution in [-0.4, -0.2) is 35.5 Å². The fourth-order valence-corrected chi connectivity index (χ4v) is 3.97. The van der Waals surface area contributed by atoms with Crippen molar-refractivity contribution in [1.29, 1.82) is 0 Å². The van der Waals surface area contributed by atoms with Crippen molar-refractivity contribution in [2.24, 2.45) is 0 Å². The second kappa shape index (κ2) is 8.64. The Bertz CT molecular complexity index is 1220. The minimum Gasteiger partial charge on any atom is -0.497 e. The van der Waals surface area contributed by atoms with Gasteiger partial charge < -0.3 is 23.8 Å². The Morgan fingerprint density at radius 1 is 0.613 bits per heavy atom. The molecule has 0 aliphatic carbocycles. The van der Waals surface area contributed by atoms with Crippen LogP contribution in [0.1, 0.15) is 5.56 Å². The first-order valence-corrected chi connectivity index (χ1v) is 10.1. The summed E-state index contributed by atoms with van der Waals surface area (Å²) >= 11 is 0.